The SMILES string of the molecule is Cl.NC(=O)C1CCCN(C(=O)CN2CCNCC2c2cccc(F)c2)C1. The van der Waals surface area contributed by atoms with E-state index in [-0.39, 0.29) is 48.5 Å². The third kappa shape index (κ3) is 4.93. The number of piperazine rings is 1. The smallest absolute Gasteiger partial charge is 0.236 e. The minimum absolute atomic E-state index is 0. The van der Waals surface area contributed by atoms with Crippen LogP contribution in [0.2, 0.25) is 0 Å². The van der Waals surface area contributed by atoms with Crippen LogP contribution in [0.5, 0.6) is 0 Å². The monoisotopic (exact) mass is 384 g/mol. The summed E-state index contributed by atoms with van der Waals surface area (Å²) in [4.78, 5) is 28.0. The van der Waals surface area contributed by atoms with Gasteiger partial charge in [0.25, 0.3) is 0 Å². The average molecular weight is 385 g/mol. The molecular weight excluding hydrogens is 359 g/mol. The molecule has 0 spiro atoms. The van der Waals surface area contributed by atoms with Gasteiger partial charge in [-0.05, 0) is 30.5 Å². The Morgan fingerprint density at radius 1 is 1.31 bits per heavy atom. The van der Waals surface area contributed by atoms with Gasteiger partial charge in [0.05, 0.1) is 12.5 Å². The molecule has 0 bridgehead atoms. The van der Waals surface area contributed by atoms with Crippen molar-refractivity contribution in [3.8, 4) is 0 Å². The van der Waals surface area contributed by atoms with Crippen LogP contribution in [-0.4, -0.2) is 60.9 Å². The van der Waals surface area contributed by atoms with Gasteiger partial charge in [0.15, 0.2) is 0 Å². The van der Waals surface area contributed by atoms with Gasteiger partial charge in [-0.25, -0.2) is 4.39 Å². The van der Waals surface area contributed by atoms with Crippen molar-refractivity contribution in [1.29, 1.82) is 0 Å². The van der Waals surface area contributed by atoms with E-state index in [9.17, 15) is 14.0 Å². The predicted octanol–water partition coefficient (Wildman–Crippen LogP) is 0.918. The van der Waals surface area contributed by atoms with E-state index in [0.717, 1.165) is 31.5 Å². The summed E-state index contributed by atoms with van der Waals surface area (Å²) in [6, 6.07) is 6.50. The summed E-state index contributed by atoms with van der Waals surface area (Å²) >= 11 is 0. The number of halogens is 2. The highest BCUT2D eigenvalue weighted by Gasteiger charge is 2.30. The molecule has 0 aromatic heterocycles. The Hall–Kier alpha value is -1.70. The lowest BCUT2D eigenvalue weighted by atomic mass is 9.97. The number of hydrogen-bond donors (Lipinski definition) is 2. The number of nitrogens with two attached hydrogens (primary N) is 1. The molecule has 1 aromatic carbocycles. The molecule has 3 N–H and O–H groups in total. The quantitative estimate of drug-likeness (QED) is 0.809. The zero-order valence-electron chi connectivity index (χ0n) is 14.7. The van der Waals surface area contributed by atoms with Crippen molar-refractivity contribution in [2.24, 2.45) is 11.7 Å². The molecule has 8 heteroatoms. The fourth-order valence-corrected chi connectivity index (χ4v) is 3.69. The highest BCUT2D eigenvalue weighted by atomic mass is 35.5. The topological polar surface area (TPSA) is 78.7 Å². The highest BCUT2D eigenvalue weighted by Crippen LogP contribution is 2.23. The van der Waals surface area contributed by atoms with Gasteiger partial charge in [0.1, 0.15) is 5.82 Å². The molecule has 0 saturated carbocycles. The van der Waals surface area contributed by atoms with Crippen LogP contribution in [0.4, 0.5) is 4.39 Å². The minimum atomic E-state index is -0.336. The fraction of sp³-hybridized carbons (Fsp3) is 0.556. The second kappa shape index (κ2) is 9.30. The van der Waals surface area contributed by atoms with Crippen LogP contribution in [0.15, 0.2) is 24.3 Å². The molecule has 2 heterocycles. The van der Waals surface area contributed by atoms with E-state index in [4.69, 9.17) is 5.73 Å². The Labute approximate surface area is 159 Å². The number of amides is 2. The molecule has 2 atom stereocenters. The lowest BCUT2D eigenvalue weighted by molar-refractivity contribution is -0.136. The van der Waals surface area contributed by atoms with E-state index >= 15 is 0 Å². The third-order valence-electron chi connectivity index (χ3n) is 5.10. The summed E-state index contributed by atoms with van der Waals surface area (Å²) in [5, 5.41) is 3.31. The third-order valence-corrected chi connectivity index (χ3v) is 5.10. The number of piperidine rings is 1. The zero-order valence-corrected chi connectivity index (χ0v) is 15.5. The first-order valence-electron chi connectivity index (χ1n) is 8.82. The van der Waals surface area contributed by atoms with Crippen LogP contribution in [0.1, 0.15) is 24.4 Å². The van der Waals surface area contributed by atoms with Crippen LogP contribution < -0.4 is 11.1 Å². The van der Waals surface area contributed by atoms with Crippen LogP contribution in [0, 0.1) is 11.7 Å². The lowest BCUT2D eigenvalue weighted by Crippen LogP contribution is -2.52. The number of hydrogen-bond acceptors (Lipinski definition) is 4. The minimum Gasteiger partial charge on any atom is -0.369 e. The molecule has 2 saturated heterocycles. The number of nitrogens with one attached hydrogen (secondary N) is 1. The van der Waals surface area contributed by atoms with Crippen molar-refractivity contribution >= 4 is 24.2 Å². The number of nitrogens with zero attached hydrogens (tertiary/aromatic N) is 2. The summed E-state index contributed by atoms with van der Waals surface area (Å²) < 4.78 is 13.6. The Bertz CT molecular complexity index is 645. The largest absolute Gasteiger partial charge is 0.369 e. The maximum atomic E-state index is 13.6. The molecule has 2 unspecified atom stereocenters. The van der Waals surface area contributed by atoms with Gasteiger partial charge in [-0.2, -0.15) is 0 Å². The van der Waals surface area contributed by atoms with Gasteiger partial charge in [-0.3, -0.25) is 14.5 Å². The molecule has 2 amide bonds. The van der Waals surface area contributed by atoms with Gasteiger partial charge >= 0.3 is 0 Å². The Kier molecular flexibility index (Phi) is 7.37. The molecular formula is C18H26ClFN4O2. The fourth-order valence-electron chi connectivity index (χ4n) is 3.69. The number of carbonyl (C=O) groups is 2. The molecule has 6 nitrogen and oxygen atoms in total. The van der Waals surface area contributed by atoms with Gasteiger partial charge < -0.3 is 16.0 Å². The molecule has 0 aliphatic carbocycles. The van der Waals surface area contributed by atoms with Crippen molar-refractivity contribution in [3.05, 3.63) is 35.6 Å². The van der Waals surface area contributed by atoms with Gasteiger partial charge in [-0.1, -0.05) is 12.1 Å². The zero-order chi connectivity index (χ0) is 17.8. The normalized spacial score (nSPS) is 24.0. The van der Waals surface area contributed by atoms with Crippen LogP contribution in [-0.2, 0) is 9.59 Å². The van der Waals surface area contributed by atoms with Crippen molar-refractivity contribution in [1.82, 2.24) is 15.1 Å². The van der Waals surface area contributed by atoms with Crippen molar-refractivity contribution in [2.45, 2.75) is 18.9 Å². The number of likely N-dealkylation sites (tertiary alicyclic amines) is 1. The van der Waals surface area contributed by atoms with Crippen molar-refractivity contribution in [3.63, 3.8) is 0 Å². The van der Waals surface area contributed by atoms with Crippen LogP contribution in [0.3, 0.4) is 0 Å². The van der Waals surface area contributed by atoms with E-state index in [2.05, 4.69) is 10.2 Å². The van der Waals surface area contributed by atoms with Gasteiger partial charge in [0, 0.05) is 38.8 Å². The first-order valence-corrected chi connectivity index (χ1v) is 8.82. The summed E-state index contributed by atoms with van der Waals surface area (Å²) in [6.07, 6.45) is 1.55. The van der Waals surface area contributed by atoms with E-state index in [1.807, 2.05) is 6.07 Å². The Morgan fingerprint density at radius 3 is 2.85 bits per heavy atom. The number of benzene rings is 1. The van der Waals surface area contributed by atoms with Crippen molar-refractivity contribution in [2.75, 3.05) is 39.3 Å². The molecule has 1 aromatic rings. The van der Waals surface area contributed by atoms with E-state index < -0.39 is 0 Å². The Balaban J connectivity index is 0.00000243. The number of rotatable bonds is 4. The van der Waals surface area contributed by atoms with Crippen molar-refractivity contribution < 1.29 is 14.0 Å². The van der Waals surface area contributed by atoms with Gasteiger partial charge in [-0.15, -0.1) is 12.4 Å². The second-order valence-electron chi connectivity index (χ2n) is 6.83. The van der Waals surface area contributed by atoms with E-state index in [0.29, 0.717) is 19.6 Å². The molecule has 144 valence electrons. The lowest BCUT2D eigenvalue weighted by Gasteiger charge is -2.38. The molecule has 2 fully saturated rings. The first kappa shape index (κ1) is 20.6. The predicted molar refractivity (Wildman–Crippen MR) is 99.3 cm³/mol. The van der Waals surface area contributed by atoms with E-state index in [1.54, 1.807) is 11.0 Å². The Morgan fingerprint density at radius 2 is 2.12 bits per heavy atom. The highest BCUT2D eigenvalue weighted by molar-refractivity contribution is 5.85. The summed E-state index contributed by atoms with van der Waals surface area (Å²) in [7, 11) is 0. The number of carbonyl (C=O) groups excluding carboxylic acids is 2. The van der Waals surface area contributed by atoms with Gasteiger partial charge in [0.2, 0.25) is 11.8 Å². The maximum absolute atomic E-state index is 13.6. The summed E-state index contributed by atoms with van der Waals surface area (Å²) in [5.74, 6) is -0.846. The first-order chi connectivity index (χ1) is 12.0. The van der Waals surface area contributed by atoms with Crippen LogP contribution in [0.25, 0.3) is 0 Å². The molecule has 0 radical (unpaired) electrons. The maximum Gasteiger partial charge on any atom is 0.236 e. The van der Waals surface area contributed by atoms with E-state index in [1.165, 1.54) is 12.1 Å². The summed E-state index contributed by atoms with van der Waals surface area (Å²) in [5.41, 5.74) is 6.26. The van der Waals surface area contributed by atoms with Crippen LogP contribution >= 0.6 is 12.4 Å². The standard InChI is InChI=1S/C18H25FN4O2.ClH/c19-15-5-1-3-13(9-15)16-10-21-6-8-22(16)12-17(24)23-7-2-4-14(11-23)18(20)25;/h1,3,5,9,14,16,21H,2,4,6-8,10-12H2,(H2,20,25);1H. The molecule has 3 rings (SSSR count). The molecule has 26 heavy (non-hydrogen) atoms. The average Bonchev–Trinajstić information content (AvgIpc) is 2.62. The second-order valence-corrected chi connectivity index (χ2v) is 6.83. The molecule has 2 aliphatic heterocycles. The number of primary amides is 1. The summed E-state index contributed by atoms with van der Waals surface area (Å²) in [6.45, 7) is 3.54. The molecule has 2 aliphatic rings.